The molecule has 0 bridgehead atoms. The number of nitrogens with one attached hydrogen (secondary N) is 2. The Morgan fingerprint density at radius 2 is 1.76 bits per heavy atom. The number of fused-ring (bicyclic) bond motifs is 1. The van der Waals surface area contributed by atoms with Crippen LogP contribution in [0.25, 0.3) is 10.9 Å². The highest BCUT2D eigenvalue weighted by atomic mass is 35.5. The van der Waals surface area contributed by atoms with Gasteiger partial charge in [-0.15, -0.1) is 12.4 Å². The number of hydrogen-bond acceptors (Lipinski definition) is 6. The number of aromatic carboxylic acids is 1. The minimum atomic E-state index is -0.973. The molecule has 25 heavy (non-hydrogen) atoms. The number of benzene rings is 2. The number of halogens is 1. The van der Waals surface area contributed by atoms with Crippen LogP contribution in [0.2, 0.25) is 0 Å². The Balaban J connectivity index is 0.00000225. The second-order valence-electron chi connectivity index (χ2n) is 5.07. The molecule has 0 atom stereocenters. The summed E-state index contributed by atoms with van der Waals surface area (Å²) in [7, 11) is 0. The number of carboxylic acids is 1. The van der Waals surface area contributed by atoms with Gasteiger partial charge in [0.15, 0.2) is 0 Å². The molecule has 2 aromatic carbocycles. The van der Waals surface area contributed by atoms with E-state index in [4.69, 9.17) is 10.2 Å². The number of aromatic nitrogens is 2. The second kappa shape index (κ2) is 8.27. The standard InChI is InChI=1S/C17H16N4O3.ClH/c22-10-9-18-15-13-3-1-2-4-14(13)20-17(21-15)19-12-7-5-11(6-8-12)16(23)24;/h1-8,22H,9-10H2,(H,23,24)(H2,18,19,20,21);1H. The number of nitrogens with zero attached hydrogens (tertiary/aromatic N) is 2. The van der Waals surface area contributed by atoms with E-state index in [-0.39, 0.29) is 24.6 Å². The van der Waals surface area contributed by atoms with Crippen molar-refractivity contribution in [1.29, 1.82) is 0 Å². The molecule has 130 valence electrons. The Morgan fingerprint density at radius 3 is 2.44 bits per heavy atom. The maximum absolute atomic E-state index is 10.9. The van der Waals surface area contributed by atoms with E-state index in [0.717, 1.165) is 10.9 Å². The van der Waals surface area contributed by atoms with Crippen molar-refractivity contribution >= 4 is 46.7 Å². The average Bonchev–Trinajstić information content (AvgIpc) is 2.60. The van der Waals surface area contributed by atoms with Crippen LogP contribution in [-0.2, 0) is 0 Å². The lowest BCUT2D eigenvalue weighted by Crippen LogP contribution is -2.09. The van der Waals surface area contributed by atoms with Gasteiger partial charge in [-0.1, -0.05) is 12.1 Å². The van der Waals surface area contributed by atoms with Crippen molar-refractivity contribution in [3.8, 4) is 0 Å². The van der Waals surface area contributed by atoms with Crippen LogP contribution in [0.4, 0.5) is 17.5 Å². The Morgan fingerprint density at radius 1 is 1.04 bits per heavy atom. The normalized spacial score (nSPS) is 10.1. The van der Waals surface area contributed by atoms with Crippen LogP contribution in [-0.4, -0.2) is 39.3 Å². The molecular weight excluding hydrogens is 344 g/mol. The van der Waals surface area contributed by atoms with Crippen LogP contribution in [0.15, 0.2) is 48.5 Å². The van der Waals surface area contributed by atoms with Gasteiger partial charge in [0.2, 0.25) is 5.95 Å². The summed E-state index contributed by atoms with van der Waals surface area (Å²) in [6.07, 6.45) is 0. The molecule has 4 N–H and O–H groups in total. The fourth-order valence-corrected chi connectivity index (χ4v) is 2.27. The van der Waals surface area contributed by atoms with Crippen molar-refractivity contribution in [2.75, 3.05) is 23.8 Å². The number of carbonyl (C=O) groups is 1. The molecule has 7 nitrogen and oxygen atoms in total. The molecule has 8 heteroatoms. The van der Waals surface area contributed by atoms with Gasteiger partial charge in [0, 0.05) is 17.6 Å². The van der Waals surface area contributed by atoms with Crippen LogP contribution in [0.3, 0.4) is 0 Å². The number of carboxylic acid groups (broad SMARTS) is 1. The molecule has 0 amide bonds. The highest BCUT2D eigenvalue weighted by molar-refractivity contribution is 5.90. The molecule has 0 aliphatic heterocycles. The number of hydrogen-bond donors (Lipinski definition) is 4. The largest absolute Gasteiger partial charge is 0.478 e. The van der Waals surface area contributed by atoms with Gasteiger partial charge in [-0.2, -0.15) is 4.98 Å². The maximum Gasteiger partial charge on any atom is 0.335 e. The summed E-state index contributed by atoms with van der Waals surface area (Å²) in [4.78, 5) is 19.8. The van der Waals surface area contributed by atoms with Gasteiger partial charge in [-0.05, 0) is 36.4 Å². The van der Waals surface area contributed by atoms with E-state index in [2.05, 4.69) is 20.6 Å². The molecule has 1 heterocycles. The molecular formula is C17H17ClN4O3. The van der Waals surface area contributed by atoms with E-state index in [9.17, 15) is 4.79 Å². The average molecular weight is 361 g/mol. The van der Waals surface area contributed by atoms with Crippen molar-refractivity contribution in [3.05, 3.63) is 54.1 Å². The summed E-state index contributed by atoms with van der Waals surface area (Å²) in [6, 6.07) is 13.9. The first-order chi connectivity index (χ1) is 11.7. The van der Waals surface area contributed by atoms with Crippen LogP contribution in [0.5, 0.6) is 0 Å². The lowest BCUT2D eigenvalue weighted by Gasteiger charge is -2.11. The predicted molar refractivity (Wildman–Crippen MR) is 99.0 cm³/mol. The van der Waals surface area contributed by atoms with Gasteiger partial charge in [0.25, 0.3) is 0 Å². The molecule has 0 radical (unpaired) electrons. The Kier molecular flexibility index (Phi) is 6.10. The molecule has 0 saturated carbocycles. The first-order valence-corrected chi connectivity index (χ1v) is 7.39. The summed E-state index contributed by atoms with van der Waals surface area (Å²) in [6.45, 7) is 0.380. The zero-order chi connectivity index (χ0) is 16.9. The summed E-state index contributed by atoms with van der Waals surface area (Å²) in [5.74, 6) is 0.0375. The molecule has 0 unspecified atom stereocenters. The summed E-state index contributed by atoms with van der Waals surface area (Å²) < 4.78 is 0. The third-order valence-corrected chi connectivity index (χ3v) is 3.40. The van der Waals surface area contributed by atoms with E-state index in [0.29, 0.717) is 24.0 Å². The third kappa shape index (κ3) is 4.34. The van der Waals surface area contributed by atoms with Crippen molar-refractivity contribution in [2.24, 2.45) is 0 Å². The lowest BCUT2D eigenvalue weighted by molar-refractivity contribution is 0.0697. The highest BCUT2D eigenvalue weighted by Crippen LogP contribution is 2.23. The monoisotopic (exact) mass is 360 g/mol. The van der Waals surface area contributed by atoms with Crippen LogP contribution >= 0.6 is 12.4 Å². The first kappa shape index (κ1) is 18.4. The van der Waals surface area contributed by atoms with Crippen molar-refractivity contribution < 1.29 is 15.0 Å². The van der Waals surface area contributed by atoms with Crippen LogP contribution < -0.4 is 10.6 Å². The molecule has 3 rings (SSSR count). The lowest BCUT2D eigenvalue weighted by atomic mass is 10.2. The van der Waals surface area contributed by atoms with E-state index >= 15 is 0 Å². The van der Waals surface area contributed by atoms with Crippen LogP contribution in [0.1, 0.15) is 10.4 Å². The van der Waals surface area contributed by atoms with Crippen molar-refractivity contribution in [3.63, 3.8) is 0 Å². The Bertz CT molecular complexity index is 871. The minimum absolute atomic E-state index is 0. The molecule has 0 saturated heterocycles. The van der Waals surface area contributed by atoms with Gasteiger partial charge >= 0.3 is 5.97 Å². The smallest absolute Gasteiger partial charge is 0.335 e. The number of aliphatic hydroxyl groups excluding tert-OH is 1. The Hall–Kier alpha value is -2.90. The quantitative estimate of drug-likeness (QED) is 0.535. The van der Waals surface area contributed by atoms with Crippen molar-refractivity contribution in [2.45, 2.75) is 0 Å². The number of rotatable bonds is 6. The third-order valence-electron chi connectivity index (χ3n) is 3.40. The summed E-state index contributed by atoms with van der Waals surface area (Å²) in [5, 5.41) is 24.9. The molecule has 1 aromatic heterocycles. The first-order valence-electron chi connectivity index (χ1n) is 7.39. The van der Waals surface area contributed by atoms with Gasteiger partial charge in [-0.3, -0.25) is 0 Å². The predicted octanol–water partition coefficient (Wildman–Crippen LogP) is 2.90. The Labute approximate surface area is 150 Å². The zero-order valence-corrected chi connectivity index (χ0v) is 14.0. The van der Waals surface area contributed by atoms with E-state index in [1.165, 1.54) is 12.1 Å². The molecule has 0 spiro atoms. The van der Waals surface area contributed by atoms with E-state index in [1.807, 2.05) is 24.3 Å². The number of aliphatic hydroxyl groups is 1. The molecule has 0 aliphatic rings. The second-order valence-corrected chi connectivity index (χ2v) is 5.07. The van der Waals surface area contributed by atoms with E-state index in [1.54, 1.807) is 12.1 Å². The van der Waals surface area contributed by atoms with E-state index < -0.39 is 5.97 Å². The number of anilines is 3. The molecule has 0 aliphatic carbocycles. The maximum atomic E-state index is 10.9. The van der Waals surface area contributed by atoms with Gasteiger partial charge in [0.05, 0.1) is 17.7 Å². The van der Waals surface area contributed by atoms with Gasteiger partial charge < -0.3 is 20.8 Å². The zero-order valence-electron chi connectivity index (χ0n) is 13.1. The summed E-state index contributed by atoms with van der Waals surface area (Å²) in [5.41, 5.74) is 1.66. The fourth-order valence-electron chi connectivity index (χ4n) is 2.27. The molecule has 0 fully saturated rings. The van der Waals surface area contributed by atoms with Gasteiger partial charge in [-0.25, -0.2) is 9.78 Å². The summed E-state index contributed by atoms with van der Waals surface area (Å²) >= 11 is 0. The topological polar surface area (TPSA) is 107 Å². The fraction of sp³-hybridized carbons (Fsp3) is 0.118. The SMILES string of the molecule is Cl.O=C(O)c1ccc(Nc2nc(NCCO)c3ccccc3n2)cc1. The minimum Gasteiger partial charge on any atom is -0.478 e. The highest BCUT2D eigenvalue weighted by Gasteiger charge is 2.08. The van der Waals surface area contributed by atoms with Crippen molar-refractivity contribution in [1.82, 2.24) is 9.97 Å². The molecule has 3 aromatic rings. The van der Waals surface area contributed by atoms with Gasteiger partial charge in [0.1, 0.15) is 5.82 Å². The number of para-hydroxylation sites is 1. The van der Waals surface area contributed by atoms with Crippen LogP contribution in [0, 0.1) is 0 Å².